The predicted molar refractivity (Wildman–Crippen MR) is 66.7 cm³/mol. The third kappa shape index (κ3) is 2.36. The van der Waals surface area contributed by atoms with Gasteiger partial charge < -0.3 is 24.1 Å². The largest absolute Gasteiger partial charge is 0.382 e. The minimum Gasteiger partial charge on any atom is -0.382 e. The summed E-state index contributed by atoms with van der Waals surface area (Å²) in [6.07, 6.45) is -4.20. The smallest absolute Gasteiger partial charge is 0.220 e. The normalized spacial score (nSPS) is 37.5. The molecule has 108 valence electrons. The van der Waals surface area contributed by atoms with E-state index in [-0.39, 0.29) is 6.61 Å². The maximum Gasteiger partial charge on any atom is 0.220 e. The van der Waals surface area contributed by atoms with Crippen LogP contribution in [-0.2, 0) is 23.7 Å². The zero-order chi connectivity index (χ0) is 14.1. The van der Waals surface area contributed by atoms with Crippen LogP contribution < -0.4 is 0 Å². The molecular weight excluding hydrogens is 264 g/mol. The van der Waals surface area contributed by atoms with Crippen molar-refractivity contribution in [2.24, 2.45) is 0 Å². The van der Waals surface area contributed by atoms with Crippen LogP contribution in [-0.4, -0.2) is 49.2 Å². The highest BCUT2D eigenvalue weighted by molar-refractivity contribution is 5.87. The van der Waals surface area contributed by atoms with E-state index in [0.717, 1.165) is 5.56 Å². The fourth-order valence-corrected chi connectivity index (χ4v) is 2.42. The van der Waals surface area contributed by atoms with Crippen molar-refractivity contribution in [1.29, 1.82) is 0 Å². The van der Waals surface area contributed by atoms with E-state index in [9.17, 15) is 9.90 Å². The van der Waals surface area contributed by atoms with Crippen molar-refractivity contribution in [3.05, 3.63) is 35.9 Å². The summed E-state index contributed by atoms with van der Waals surface area (Å²) in [4.78, 5) is 11.8. The van der Waals surface area contributed by atoms with Crippen LogP contribution in [0.3, 0.4) is 0 Å². The minimum atomic E-state index is -1.27. The van der Waals surface area contributed by atoms with Crippen molar-refractivity contribution in [3.63, 3.8) is 0 Å². The molecule has 6 heteroatoms. The van der Waals surface area contributed by atoms with Gasteiger partial charge in [-0.1, -0.05) is 30.3 Å². The van der Waals surface area contributed by atoms with Gasteiger partial charge in [-0.05, 0) is 0 Å². The highest BCUT2D eigenvalue weighted by Crippen LogP contribution is 2.32. The Morgan fingerprint density at radius 1 is 1.25 bits per heavy atom. The molecule has 1 N–H and O–H groups in total. The summed E-state index contributed by atoms with van der Waals surface area (Å²) >= 11 is 0. The number of benzene rings is 1. The Hall–Kier alpha value is -1.31. The van der Waals surface area contributed by atoms with E-state index in [1.54, 1.807) is 0 Å². The first kappa shape index (κ1) is 13.7. The van der Waals surface area contributed by atoms with Gasteiger partial charge in [0.05, 0.1) is 6.61 Å². The number of fused-ring (bicyclic) bond motifs is 1. The van der Waals surface area contributed by atoms with Crippen LogP contribution in [0.2, 0.25) is 0 Å². The second kappa shape index (κ2) is 5.59. The molecule has 1 aromatic carbocycles. The van der Waals surface area contributed by atoms with Crippen molar-refractivity contribution < 1.29 is 28.8 Å². The van der Waals surface area contributed by atoms with Crippen LogP contribution in [0.15, 0.2) is 30.3 Å². The molecule has 0 aromatic heterocycles. The van der Waals surface area contributed by atoms with E-state index in [1.165, 1.54) is 7.11 Å². The average Bonchev–Trinajstić information content (AvgIpc) is 2.51. The lowest BCUT2D eigenvalue weighted by Crippen LogP contribution is -2.60. The Labute approximate surface area is 116 Å². The summed E-state index contributed by atoms with van der Waals surface area (Å²) in [6.45, 7) is 0.231. The summed E-state index contributed by atoms with van der Waals surface area (Å²) in [5.74, 6) is -0.525. The first-order valence-electron chi connectivity index (χ1n) is 6.43. The molecule has 2 fully saturated rings. The van der Waals surface area contributed by atoms with E-state index < -0.39 is 36.7 Å². The molecule has 0 spiro atoms. The van der Waals surface area contributed by atoms with E-state index in [4.69, 9.17) is 18.9 Å². The maximum absolute atomic E-state index is 11.8. The first-order chi connectivity index (χ1) is 9.70. The van der Waals surface area contributed by atoms with E-state index in [2.05, 4.69) is 0 Å². The molecule has 0 saturated carbocycles. The summed E-state index contributed by atoms with van der Waals surface area (Å²) in [6, 6.07) is 9.35. The Bertz CT molecular complexity index is 476. The summed E-state index contributed by atoms with van der Waals surface area (Å²) < 4.78 is 21.6. The van der Waals surface area contributed by atoms with Crippen LogP contribution in [0.25, 0.3) is 0 Å². The van der Waals surface area contributed by atoms with Gasteiger partial charge in [-0.3, -0.25) is 4.79 Å². The van der Waals surface area contributed by atoms with Crippen molar-refractivity contribution in [2.45, 2.75) is 30.9 Å². The molecule has 0 bridgehead atoms. The molecule has 0 radical (unpaired) electrons. The third-order valence-corrected chi connectivity index (χ3v) is 3.48. The molecule has 2 heterocycles. The number of ether oxygens (including phenoxy) is 4. The van der Waals surface area contributed by atoms with Crippen LogP contribution in [0, 0.1) is 0 Å². The molecule has 6 nitrogen and oxygen atoms in total. The Morgan fingerprint density at radius 3 is 2.70 bits per heavy atom. The second-order valence-electron chi connectivity index (χ2n) is 4.77. The number of aliphatic hydroxyl groups excluding tert-OH is 1. The first-order valence-corrected chi connectivity index (χ1v) is 6.43. The molecule has 1 aromatic rings. The molecule has 5 atom stereocenters. The van der Waals surface area contributed by atoms with Gasteiger partial charge in [0.15, 0.2) is 6.29 Å². The molecule has 2 saturated heterocycles. The fourth-order valence-electron chi connectivity index (χ4n) is 2.42. The van der Waals surface area contributed by atoms with Gasteiger partial charge in [0.1, 0.15) is 18.3 Å². The summed E-state index contributed by atoms with van der Waals surface area (Å²) in [7, 11) is 1.35. The molecule has 0 unspecified atom stereocenters. The van der Waals surface area contributed by atoms with Crippen molar-refractivity contribution >= 4 is 5.78 Å². The van der Waals surface area contributed by atoms with Crippen molar-refractivity contribution in [1.82, 2.24) is 0 Å². The number of ketones is 1. The van der Waals surface area contributed by atoms with E-state index in [0.29, 0.717) is 0 Å². The Balaban J connectivity index is 1.76. The number of Topliss-reactive ketones (excluding diaryl/α,β-unsaturated/α-hetero) is 1. The van der Waals surface area contributed by atoms with E-state index >= 15 is 0 Å². The average molecular weight is 280 g/mol. The number of hydrogen-bond acceptors (Lipinski definition) is 6. The summed E-state index contributed by atoms with van der Waals surface area (Å²) in [5, 5.41) is 10.0. The van der Waals surface area contributed by atoms with Gasteiger partial charge in [-0.25, -0.2) is 0 Å². The Morgan fingerprint density at radius 2 is 2.00 bits per heavy atom. The molecule has 2 aliphatic heterocycles. The molecule has 2 aliphatic rings. The van der Waals surface area contributed by atoms with Crippen LogP contribution in [0.1, 0.15) is 11.9 Å². The zero-order valence-electron chi connectivity index (χ0n) is 11.0. The standard InChI is InChI=1S/C14H16O6/c1-17-14-11(16)10(15)12-9(19-14)7-18-13(20-12)8-5-3-2-4-6-8/h2-6,9-10,12-15H,7H2,1H3/t9-,10-,12-,13-,14+/m1/s1. The third-order valence-electron chi connectivity index (χ3n) is 3.48. The Kier molecular flexibility index (Phi) is 3.82. The van der Waals surface area contributed by atoms with Gasteiger partial charge in [0, 0.05) is 12.7 Å². The second-order valence-corrected chi connectivity index (χ2v) is 4.77. The van der Waals surface area contributed by atoms with Crippen LogP contribution in [0.5, 0.6) is 0 Å². The van der Waals surface area contributed by atoms with Gasteiger partial charge in [0.25, 0.3) is 0 Å². The molecule has 3 rings (SSSR count). The lowest BCUT2D eigenvalue weighted by Gasteiger charge is -2.42. The number of methoxy groups -OCH3 is 1. The lowest BCUT2D eigenvalue weighted by molar-refractivity contribution is -0.317. The number of hydrogen-bond donors (Lipinski definition) is 1. The van der Waals surface area contributed by atoms with E-state index in [1.807, 2.05) is 30.3 Å². The van der Waals surface area contributed by atoms with Gasteiger partial charge in [0.2, 0.25) is 12.1 Å². The molecule has 0 aliphatic carbocycles. The zero-order valence-corrected chi connectivity index (χ0v) is 11.0. The SMILES string of the molecule is CO[C@H]1O[C@@H]2CO[C@@H](c3ccccc3)O[C@H]2[C@H](O)C1=O. The number of rotatable bonds is 2. The fraction of sp³-hybridized carbons (Fsp3) is 0.500. The van der Waals surface area contributed by atoms with Crippen molar-refractivity contribution in [3.8, 4) is 0 Å². The topological polar surface area (TPSA) is 74.2 Å². The monoisotopic (exact) mass is 280 g/mol. The lowest BCUT2D eigenvalue weighted by atomic mass is 9.99. The molecule has 0 amide bonds. The number of carbonyl (C=O) groups is 1. The summed E-state index contributed by atoms with van der Waals surface area (Å²) in [5.41, 5.74) is 0.833. The van der Waals surface area contributed by atoms with Crippen molar-refractivity contribution in [2.75, 3.05) is 13.7 Å². The van der Waals surface area contributed by atoms with Crippen LogP contribution >= 0.6 is 0 Å². The maximum atomic E-state index is 11.8. The van der Waals surface area contributed by atoms with Gasteiger partial charge in [-0.2, -0.15) is 0 Å². The predicted octanol–water partition coefficient (Wildman–Crippen LogP) is 0.402. The highest BCUT2D eigenvalue weighted by atomic mass is 16.7. The van der Waals surface area contributed by atoms with Gasteiger partial charge in [-0.15, -0.1) is 0 Å². The quantitative estimate of drug-likeness (QED) is 0.845. The number of aliphatic hydroxyl groups is 1. The number of carbonyl (C=O) groups excluding carboxylic acids is 1. The highest BCUT2D eigenvalue weighted by Gasteiger charge is 2.48. The van der Waals surface area contributed by atoms with Gasteiger partial charge >= 0.3 is 0 Å². The molecular formula is C14H16O6. The van der Waals surface area contributed by atoms with Crippen LogP contribution in [0.4, 0.5) is 0 Å². The molecule has 20 heavy (non-hydrogen) atoms. The minimum absolute atomic E-state index is 0.231.